The molecule has 0 heterocycles. The molecule has 1 N–H and O–H groups in total. The van der Waals surface area contributed by atoms with Crippen molar-refractivity contribution in [3.8, 4) is 11.5 Å². The number of hydrazone groups is 1. The Labute approximate surface area is 164 Å². The molecule has 3 rings (SSSR count). The van der Waals surface area contributed by atoms with E-state index in [1.807, 2.05) is 60.7 Å². The van der Waals surface area contributed by atoms with Gasteiger partial charge >= 0.3 is 0 Å². The number of nitrogens with one attached hydrogen (secondary N) is 1. The molecule has 0 atom stereocenters. The molecule has 3 aromatic carbocycles. The van der Waals surface area contributed by atoms with Crippen LogP contribution in [0.3, 0.4) is 0 Å². The lowest BCUT2D eigenvalue weighted by Crippen LogP contribution is -2.05. The van der Waals surface area contributed by atoms with Gasteiger partial charge in [-0.25, -0.2) is 0 Å². The van der Waals surface area contributed by atoms with E-state index in [1.54, 1.807) is 13.3 Å². The fourth-order valence-electron chi connectivity index (χ4n) is 2.48. The highest BCUT2D eigenvalue weighted by Crippen LogP contribution is 2.28. The predicted octanol–water partition coefficient (Wildman–Crippen LogP) is 5.05. The van der Waals surface area contributed by atoms with E-state index in [-0.39, 0.29) is 0 Å². The van der Waals surface area contributed by atoms with Crippen LogP contribution in [-0.4, -0.2) is 13.3 Å². The van der Waals surface area contributed by atoms with Gasteiger partial charge < -0.3 is 14.9 Å². The topological polar surface area (TPSA) is 42.8 Å². The third-order valence-electron chi connectivity index (χ3n) is 3.93. The summed E-state index contributed by atoms with van der Waals surface area (Å²) < 4.78 is 11.3. The molecule has 0 aliphatic heterocycles. The maximum absolute atomic E-state index is 5.92. The van der Waals surface area contributed by atoms with Gasteiger partial charge in [0.15, 0.2) is 11.5 Å². The van der Waals surface area contributed by atoms with Gasteiger partial charge in [-0.2, -0.15) is 5.10 Å². The first-order valence-corrected chi connectivity index (χ1v) is 8.97. The van der Waals surface area contributed by atoms with Crippen LogP contribution in [0, 0.1) is 0 Å². The highest BCUT2D eigenvalue weighted by Gasteiger charge is 2.06. The van der Waals surface area contributed by atoms with Crippen molar-refractivity contribution < 1.29 is 9.47 Å². The van der Waals surface area contributed by atoms with Crippen LogP contribution in [0.1, 0.15) is 16.7 Å². The number of nitrogens with zero attached hydrogens (tertiary/aromatic N) is 1. The minimum absolute atomic E-state index is 0.431. The molecular weight excluding hydrogens is 360 g/mol. The van der Waals surface area contributed by atoms with E-state index < -0.39 is 0 Å². The summed E-state index contributed by atoms with van der Waals surface area (Å²) in [5.74, 6) is 1.35. The Balaban J connectivity index is 1.61. The lowest BCUT2D eigenvalue weighted by molar-refractivity contribution is 0.284. The third-order valence-corrected chi connectivity index (χ3v) is 4.18. The van der Waals surface area contributed by atoms with E-state index in [0.717, 1.165) is 11.1 Å². The second-order valence-electron chi connectivity index (χ2n) is 5.90. The van der Waals surface area contributed by atoms with Gasteiger partial charge in [-0.1, -0.05) is 54.1 Å². The summed E-state index contributed by atoms with van der Waals surface area (Å²) in [5.41, 5.74) is 6.17. The van der Waals surface area contributed by atoms with Crippen LogP contribution in [0.5, 0.6) is 11.5 Å². The number of benzene rings is 3. The molecule has 138 valence electrons. The van der Waals surface area contributed by atoms with Crippen molar-refractivity contribution in [3.63, 3.8) is 0 Å². The Morgan fingerprint density at radius 1 is 0.926 bits per heavy atom. The first-order valence-electron chi connectivity index (χ1n) is 8.60. The molecule has 3 aromatic rings. The summed E-state index contributed by atoms with van der Waals surface area (Å²) in [6.07, 6.45) is 1.76. The molecule has 0 radical (unpaired) electrons. The predicted molar refractivity (Wildman–Crippen MR) is 110 cm³/mol. The number of methoxy groups -OCH3 is 1. The lowest BCUT2D eigenvalue weighted by Gasteiger charge is -2.11. The van der Waals surface area contributed by atoms with Crippen LogP contribution in [0.25, 0.3) is 0 Å². The van der Waals surface area contributed by atoms with Crippen molar-refractivity contribution in [3.05, 3.63) is 94.5 Å². The SMILES string of the molecule is COc1ccc(C=NNCc2ccccc2)cc1OCc1ccc(Cl)cc1. The van der Waals surface area contributed by atoms with Crippen LogP contribution < -0.4 is 14.9 Å². The zero-order valence-electron chi connectivity index (χ0n) is 15.1. The summed E-state index contributed by atoms with van der Waals surface area (Å²) in [4.78, 5) is 0. The molecule has 0 aliphatic carbocycles. The molecule has 0 spiro atoms. The smallest absolute Gasteiger partial charge is 0.162 e. The van der Waals surface area contributed by atoms with E-state index in [1.165, 1.54) is 5.56 Å². The fourth-order valence-corrected chi connectivity index (χ4v) is 2.61. The van der Waals surface area contributed by atoms with Crippen LogP contribution in [-0.2, 0) is 13.2 Å². The monoisotopic (exact) mass is 380 g/mol. The molecule has 0 unspecified atom stereocenters. The molecule has 0 aromatic heterocycles. The molecule has 0 fully saturated rings. The fraction of sp³-hybridized carbons (Fsp3) is 0.136. The summed E-state index contributed by atoms with van der Waals surface area (Å²) >= 11 is 5.92. The molecular formula is C22H21ClN2O2. The third kappa shape index (κ3) is 5.76. The molecule has 0 aliphatic rings. The van der Waals surface area contributed by atoms with E-state index >= 15 is 0 Å². The van der Waals surface area contributed by atoms with Crippen LogP contribution in [0.15, 0.2) is 77.9 Å². The van der Waals surface area contributed by atoms with Crippen molar-refractivity contribution in [2.24, 2.45) is 5.10 Å². The maximum atomic E-state index is 5.92. The molecule has 5 heteroatoms. The van der Waals surface area contributed by atoms with Crippen LogP contribution >= 0.6 is 11.6 Å². The Morgan fingerprint density at radius 2 is 1.70 bits per heavy atom. The molecule has 0 saturated carbocycles. The Bertz CT molecular complexity index is 881. The van der Waals surface area contributed by atoms with E-state index in [2.05, 4.69) is 22.7 Å². The highest BCUT2D eigenvalue weighted by molar-refractivity contribution is 6.30. The van der Waals surface area contributed by atoms with Gasteiger partial charge in [-0.3, -0.25) is 0 Å². The average Bonchev–Trinajstić information content (AvgIpc) is 2.71. The zero-order chi connectivity index (χ0) is 18.9. The van der Waals surface area contributed by atoms with Crippen molar-refractivity contribution in [2.75, 3.05) is 7.11 Å². The van der Waals surface area contributed by atoms with Crippen LogP contribution in [0.2, 0.25) is 5.02 Å². The number of hydrogen-bond donors (Lipinski definition) is 1. The molecule has 0 bridgehead atoms. The Kier molecular flexibility index (Phi) is 6.72. The first-order chi connectivity index (χ1) is 13.2. The minimum atomic E-state index is 0.431. The lowest BCUT2D eigenvalue weighted by atomic mass is 10.2. The summed E-state index contributed by atoms with van der Waals surface area (Å²) in [7, 11) is 1.62. The van der Waals surface area contributed by atoms with Gasteiger partial charge in [0, 0.05) is 5.02 Å². The van der Waals surface area contributed by atoms with Crippen LogP contribution in [0.4, 0.5) is 0 Å². The van der Waals surface area contributed by atoms with Gasteiger partial charge in [-0.05, 0) is 47.0 Å². The summed E-state index contributed by atoms with van der Waals surface area (Å²) in [6.45, 7) is 1.10. The normalized spacial score (nSPS) is 10.7. The Morgan fingerprint density at radius 3 is 2.44 bits per heavy atom. The Hall–Kier alpha value is -2.98. The van der Waals surface area contributed by atoms with E-state index in [4.69, 9.17) is 21.1 Å². The minimum Gasteiger partial charge on any atom is -0.493 e. The highest BCUT2D eigenvalue weighted by atomic mass is 35.5. The standard InChI is InChI=1S/C22H21ClN2O2/c1-26-21-12-9-19(15-25-24-14-17-5-3-2-4-6-17)13-22(21)27-16-18-7-10-20(23)11-8-18/h2-13,15,24H,14,16H2,1H3. The van der Waals surface area contributed by atoms with Crippen molar-refractivity contribution in [2.45, 2.75) is 13.2 Å². The van der Waals surface area contributed by atoms with Gasteiger partial charge in [-0.15, -0.1) is 0 Å². The van der Waals surface area contributed by atoms with Gasteiger partial charge in [0.25, 0.3) is 0 Å². The maximum Gasteiger partial charge on any atom is 0.162 e. The largest absolute Gasteiger partial charge is 0.493 e. The number of ether oxygens (including phenoxy) is 2. The second kappa shape index (κ2) is 9.64. The van der Waals surface area contributed by atoms with E-state index in [0.29, 0.717) is 29.7 Å². The molecule has 0 saturated heterocycles. The van der Waals surface area contributed by atoms with E-state index in [9.17, 15) is 0 Å². The first kappa shape index (κ1) is 18.8. The molecule has 0 amide bonds. The van der Waals surface area contributed by atoms with Crippen molar-refractivity contribution >= 4 is 17.8 Å². The van der Waals surface area contributed by atoms with Crippen molar-refractivity contribution in [1.29, 1.82) is 0 Å². The number of rotatable bonds is 8. The summed E-state index contributed by atoms with van der Waals surface area (Å²) in [5, 5.41) is 4.98. The zero-order valence-corrected chi connectivity index (χ0v) is 15.8. The van der Waals surface area contributed by atoms with Crippen molar-refractivity contribution in [1.82, 2.24) is 5.43 Å². The molecule has 27 heavy (non-hydrogen) atoms. The van der Waals surface area contributed by atoms with Gasteiger partial charge in [0.1, 0.15) is 6.61 Å². The quantitative estimate of drug-likeness (QED) is 0.439. The van der Waals surface area contributed by atoms with Gasteiger partial charge in [0.05, 0.1) is 19.9 Å². The number of hydrogen-bond acceptors (Lipinski definition) is 4. The number of halogens is 1. The average molecular weight is 381 g/mol. The van der Waals surface area contributed by atoms with Gasteiger partial charge in [0.2, 0.25) is 0 Å². The second-order valence-corrected chi connectivity index (χ2v) is 6.34. The molecule has 4 nitrogen and oxygen atoms in total. The summed E-state index contributed by atoms with van der Waals surface area (Å²) in [6, 6.07) is 23.4.